The molecule has 0 unspecified atom stereocenters. The molecule has 1 aromatic carbocycles. The Morgan fingerprint density at radius 3 is 2.31 bits per heavy atom. The summed E-state index contributed by atoms with van der Waals surface area (Å²) in [5.74, 6) is -2.20. The fourth-order valence-corrected chi connectivity index (χ4v) is 3.17. The van der Waals surface area contributed by atoms with E-state index in [1.807, 2.05) is 0 Å². The summed E-state index contributed by atoms with van der Waals surface area (Å²) in [5.41, 5.74) is -1.77. The lowest BCUT2D eigenvalue weighted by Gasteiger charge is -2.27. The average Bonchev–Trinajstić information content (AvgIpc) is 3.13. The Morgan fingerprint density at radius 2 is 1.79 bits per heavy atom. The van der Waals surface area contributed by atoms with Crippen molar-refractivity contribution in [3.05, 3.63) is 44.0 Å². The maximum atomic E-state index is 12.6. The second-order valence-electron chi connectivity index (χ2n) is 6.94. The molecule has 1 aromatic rings. The largest absolute Gasteiger partial charge is 0.453 e. The lowest BCUT2D eigenvalue weighted by Crippen LogP contribution is -2.45. The van der Waals surface area contributed by atoms with Crippen molar-refractivity contribution in [1.82, 2.24) is 0 Å². The number of nitrogens with zero attached hydrogens (tertiary/aromatic N) is 2. The van der Waals surface area contributed by atoms with E-state index in [1.54, 1.807) is 13.8 Å². The van der Waals surface area contributed by atoms with Gasteiger partial charge in [-0.3, -0.25) is 20.2 Å². The monoisotopic (exact) mass is 414 g/mol. The van der Waals surface area contributed by atoms with Gasteiger partial charge >= 0.3 is 5.97 Å². The van der Waals surface area contributed by atoms with Crippen LogP contribution in [0.4, 0.5) is 11.4 Å². The van der Waals surface area contributed by atoms with E-state index in [2.05, 4.69) is 0 Å². The van der Waals surface area contributed by atoms with Gasteiger partial charge in [0.05, 0.1) is 28.1 Å². The van der Waals surface area contributed by atoms with E-state index < -0.39 is 75.9 Å². The van der Waals surface area contributed by atoms with Crippen molar-refractivity contribution in [1.29, 1.82) is 0 Å². The summed E-state index contributed by atoms with van der Waals surface area (Å²) < 4.78 is 22.0. The lowest BCUT2D eigenvalue weighted by atomic mass is 10.1. The van der Waals surface area contributed by atoms with Gasteiger partial charge in [0.25, 0.3) is 11.4 Å². The molecule has 2 aliphatic heterocycles. The molecule has 2 aliphatic rings. The second kappa shape index (κ2) is 7.61. The molecule has 158 valence electrons. The predicted octanol–water partition coefficient (Wildman–Crippen LogP) is 0.258. The average molecular weight is 414 g/mol. The Balaban J connectivity index is 1.89. The van der Waals surface area contributed by atoms with Gasteiger partial charge < -0.3 is 29.2 Å². The standard InChI is InChI=1S/C16H18N2O11/c1-16(2)28-13-12(11(10(20)6-19)27-15(13)29-16)26-14(21)7-3-8(17(22)23)5-9(4-7)18(24)25/h3-5,10-13,15,19-20H,6H2,1-2H3/t10-,11-,12+,13+,15-/m1/s1. The highest BCUT2D eigenvalue weighted by atomic mass is 16.8. The molecule has 0 aliphatic carbocycles. The minimum absolute atomic E-state index is 0.440. The number of ether oxygens (including phenoxy) is 4. The third kappa shape index (κ3) is 4.18. The first-order chi connectivity index (χ1) is 13.5. The van der Waals surface area contributed by atoms with E-state index in [1.165, 1.54) is 0 Å². The molecule has 0 bridgehead atoms. The van der Waals surface area contributed by atoms with Crippen molar-refractivity contribution in [2.24, 2.45) is 0 Å². The molecule has 0 spiro atoms. The Bertz CT molecular complexity index is 810. The van der Waals surface area contributed by atoms with Crippen molar-refractivity contribution in [3.63, 3.8) is 0 Å². The number of nitro groups is 2. The van der Waals surface area contributed by atoms with Gasteiger partial charge in [-0.05, 0) is 13.8 Å². The van der Waals surface area contributed by atoms with Crippen LogP contribution in [0, 0.1) is 20.2 Å². The van der Waals surface area contributed by atoms with Crippen LogP contribution in [0.5, 0.6) is 0 Å². The quantitative estimate of drug-likeness (QED) is 0.370. The first kappa shape index (κ1) is 21.0. The Labute approximate surface area is 163 Å². The van der Waals surface area contributed by atoms with E-state index in [0.29, 0.717) is 6.07 Å². The predicted molar refractivity (Wildman–Crippen MR) is 90.7 cm³/mol. The van der Waals surface area contributed by atoms with Gasteiger partial charge in [-0.2, -0.15) is 0 Å². The number of carbonyl (C=O) groups excluding carboxylic acids is 1. The Hall–Kier alpha value is -2.71. The molecular weight excluding hydrogens is 396 g/mol. The minimum Gasteiger partial charge on any atom is -0.453 e. The van der Waals surface area contributed by atoms with Gasteiger partial charge in [-0.1, -0.05) is 0 Å². The molecule has 5 atom stereocenters. The van der Waals surface area contributed by atoms with E-state index in [-0.39, 0.29) is 0 Å². The Morgan fingerprint density at radius 1 is 1.21 bits per heavy atom. The molecule has 0 radical (unpaired) electrons. The van der Waals surface area contributed by atoms with Gasteiger partial charge in [-0.25, -0.2) is 4.79 Å². The van der Waals surface area contributed by atoms with Crippen LogP contribution in [-0.4, -0.2) is 69.1 Å². The van der Waals surface area contributed by atoms with E-state index in [9.17, 15) is 35.2 Å². The van der Waals surface area contributed by atoms with Gasteiger partial charge in [0.2, 0.25) is 0 Å². The first-order valence-corrected chi connectivity index (χ1v) is 8.47. The normalized spacial score (nSPS) is 28.6. The van der Waals surface area contributed by atoms with Crippen LogP contribution >= 0.6 is 0 Å². The van der Waals surface area contributed by atoms with Crippen molar-refractivity contribution < 1.29 is 43.8 Å². The van der Waals surface area contributed by atoms with E-state index in [4.69, 9.17) is 18.9 Å². The molecule has 0 amide bonds. The van der Waals surface area contributed by atoms with Crippen LogP contribution in [-0.2, 0) is 18.9 Å². The molecule has 0 saturated carbocycles. The van der Waals surface area contributed by atoms with Crippen molar-refractivity contribution >= 4 is 17.3 Å². The molecule has 3 rings (SSSR count). The molecular formula is C16H18N2O11. The number of esters is 1. The number of nitro benzene ring substituents is 2. The number of non-ortho nitro benzene ring substituents is 2. The zero-order chi connectivity index (χ0) is 21.5. The van der Waals surface area contributed by atoms with Crippen LogP contribution in [0.15, 0.2) is 18.2 Å². The number of fused-ring (bicyclic) bond motifs is 1. The van der Waals surface area contributed by atoms with Crippen LogP contribution in [0.1, 0.15) is 24.2 Å². The smallest absolute Gasteiger partial charge is 0.339 e. The lowest BCUT2D eigenvalue weighted by molar-refractivity contribution is -0.394. The molecule has 29 heavy (non-hydrogen) atoms. The summed E-state index contributed by atoms with van der Waals surface area (Å²) in [4.78, 5) is 32.8. The summed E-state index contributed by atoms with van der Waals surface area (Å²) >= 11 is 0. The van der Waals surface area contributed by atoms with Crippen LogP contribution in [0.2, 0.25) is 0 Å². The summed E-state index contributed by atoms with van der Waals surface area (Å²) in [6, 6.07) is 2.37. The first-order valence-electron chi connectivity index (χ1n) is 8.47. The summed E-state index contributed by atoms with van der Waals surface area (Å²) in [6.07, 6.45) is -5.83. The number of hydrogen-bond acceptors (Lipinski definition) is 11. The second-order valence-corrected chi connectivity index (χ2v) is 6.94. The number of aliphatic hydroxyl groups excluding tert-OH is 2. The van der Waals surface area contributed by atoms with Crippen LogP contribution < -0.4 is 0 Å². The van der Waals surface area contributed by atoms with Crippen LogP contribution in [0.3, 0.4) is 0 Å². The molecule has 2 N–H and O–H groups in total. The molecule has 13 nitrogen and oxygen atoms in total. The third-order valence-electron chi connectivity index (χ3n) is 4.40. The van der Waals surface area contributed by atoms with Crippen molar-refractivity contribution in [2.45, 2.75) is 50.3 Å². The Kier molecular flexibility index (Phi) is 5.51. The molecule has 2 heterocycles. The molecule has 2 fully saturated rings. The highest BCUT2D eigenvalue weighted by Crippen LogP contribution is 2.40. The van der Waals surface area contributed by atoms with Crippen molar-refractivity contribution in [2.75, 3.05) is 6.61 Å². The SMILES string of the molecule is CC1(C)O[C@H]2O[C@H]([C@H](O)CO)[C@H](OC(=O)c3cc([N+](=O)[O-])cc([N+](=O)[O-])c3)[C@@H]2O1. The molecule has 13 heteroatoms. The summed E-state index contributed by atoms with van der Waals surface area (Å²) in [6.45, 7) is 2.48. The zero-order valence-electron chi connectivity index (χ0n) is 15.3. The van der Waals surface area contributed by atoms with Gasteiger partial charge in [0, 0.05) is 12.1 Å². The number of aliphatic hydroxyl groups is 2. The molecule has 2 saturated heterocycles. The summed E-state index contributed by atoms with van der Waals surface area (Å²) in [7, 11) is 0. The van der Waals surface area contributed by atoms with Gasteiger partial charge in [0.15, 0.2) is 24.3 Å². The fourth-order valence-electron chi connectivity index (χ4n) is 3.17. The fraction of sp³-hybridized carbons (Fsp3) is 0.562. The van der Waals surface area contributed by atoms with Crippen molar-refractivity contribution in [3.8, 4) is 0 Å². The summed E-state index contributed by atoms with van der Waals surface area (Å²) in [5, 5.41) is 41.2. The van der Waals surface area contributed by atoms with E-state index >= 15 is 0 Å². The van der Waals surface area contributed by atoms with Gasteiger partial charge in [0.1, 0.15) is 12.2 Å². The highest BCUT2D eigenvalue weighted by molar-refractivity contribution is 5.91. The number of carbonyl (C=O) groups is 1. The molecule has 0 aromatic heterocycles. The maximum Gasteiger partial charge on any atom is 0.339 e. The third-order valence-corrected chi connectivity index (χ3v) is 4.40. The topological polar surface area (TPSA) is 181 Å². The van der Waals surface area contributed by atoms with E-state index in [0.717, 1.165) is 12.1 Å². The number of hydrogen-bond donors (Lipinski definition) is 2. The highest BCUT2D eigenvalue weighted by Gasteiger charge is 2.58. The van der Waals surface area contributed by atoms with Crippen LogP contribution in [0.25, 0.3) is 0 Å². The minimum atomic E-state index is -1.44. The maximum absolute atomic E-state index is 12.6. The van der Waals surface area contributed by atoms with Gasteiger partial charge in [-0.15, -0.1) is 0 Å². The number of benzene rings is 1. The number of rotatable bonds is 6. The zero-order valence-corrected chi connectivity index (χ0v) is 15.3.